The molecule has 24 heavy (non-hydrogen) atoms. The molecule has 0 aliphatic carbocycles. The maximum Gasteiger partial charge on any atom is 0.159 e. The van der Waals surface area contributed by atoms with Crippen LogP contribution < -0.4 is 10.4 Å². The lowest BCUT2D eigenvalue weighted by atomic mass is 10.0. The first-order valence-electron chi connectivity index (χ1n) is 8.69. The molecule has 1 fully saturated rings. The molecule has 0 saturated carbocycles. The molecular formula is C20H26N2O2. The molecule has 0 aromatic heterocycles. The molecule has 4 nitrogen and oxygen atoms in total. The summed E-state index contributed by atoms with van der Waals surface area (Å²) in [7, 11) is 0. The molecule has 2 aromatic carbocycles. The van der Waals surface area contributed by atoms with Crippen LogP contribution in [0.15, 0.2) is 60.7 Å². The summed E-state index contributed by atoms with van der Waals surface area (Å²) < 4.78 is 11.6. The fourth-order valence-electron chi connectivity index (χ4n) is 3.13. The normalized spacial score (nSPS) is 23.8. The Morgan fingerprint density at radius 2 is 1.58 bits per heavy atom. The summed E-state index contributed by atoms with van der Waals surface area (Å²) in [5.41, 5.74) is 5.92. The zero-order valence-corrected chi connectivity index (χ0v) is 14.4. The smallest absolute Gasteiger partial charge is 0.159 e. The number of rotatable bonds is 6. The van der Waals surface area contributed by atoms with Gasteiger partial charge in [-0.3, -0.25) is 5.01 Å². The summed E-state index contributed by atoms with van der Waals surface area (Å²) in [4.78, 5) is 0. The third-order valence-electron chi connectivity index (χ3n) is 4.17. The van der Waals surface area contributed by atoms with Crippen LogP contribution >= 0.6 is 0 Å². The minimum absolute atomic E-state index is 0.135. The maximum absolute atomic E-state index is 5.87. The summed E-state index contributed by atoms with van der Waals surface area (Å²) in [6.07, 6.45) is 1.85. The number of ether oxygens (including phenoxy) is 2. The monoisotopic (exact) mass is 326 g/mol. The molecule has 0 bridgehead atoms. The van der Waals surface area contributed by atoms with E-state index in [1.807, 2.05) is 19.1 Å². The molecule has 0 amide bonds. The quantitative estimate of drug-likeness (QED) is 0.804. The second-order valence-electron chi connectivity index (χ2n) is 6.14. The summed E-state index contributed by atoms with van der Waals surface area (Å²) in [5.74, 6) is 0. The SMILES string of the molecule is CCOC1C[C@H](NN(c2ccccc2)c2ccccc2)C[C@H](C)O1. The number of nitrogens with zero attached hydrogens (tertiary/aromatic N) is 1. The Morgan fingerprint density at radius 1 is 1.00 bits per heavy atom. The number of para-hydroxylation sites is 2. The van der Waals surface area contributed by atoms with Crippen LogP contribution in [0.4, 0.5) is 11.4 Å². The lowest BCUT2D eigenvalue weighted by Crippen LogP contribution is -2.49. The van der Waals surface area contributed by atoms with Gasteiger partial charge in [0.1, 0.15) is 0 Å². The van der Waals surface area contributed by atoms with Gasteiger partial charge in [-0.05, 0) is 44.5 Å². The third-order valence-corrected chi connectivity index (χ3v) is 4.17. The van der Waals surface area contributed by atoms with Gasteiger partial charge in [-0.1, -0.05) is 36.4 Å². The molecule has 1 saturated heterocycles. The van der Waals surface area contributed by atoms with Crippen molar-refractivity contribution < 1.29 is 9.47 Å². The van der Waals surface area contributed by atoms with Gasteiger partial charge in [0.2, 0.25) is 0 Å². The van der Waals surface area contributed by atoms with Gasteiger partial charge in [0.15, 0.2) is 6.29 Å². The molecule has 3 atom stereocenters. The Kier molecular flexibility index (Phi) is 5.86. The molecule has 1 heterocycles. The zero-order chi connectivity index (χ0) is 16.8. The van der Waals surface area contributed by atoms with Crippen LogP contribution in [-0.4, -0.2) is 25.0 Å². The molecule has 0 spiro atoms. The van der Waals surface area contributed by atoms with Crippen molar-refractivity contribution in [2.24, 2.45) is 0 Å². The van der Waals surface area contributed by atoms with E-state index in [1.165, 1.54) is 0 Å². The van der Waals surface area contributed by atoms with Crippen molar-refractivity contribution in [3.63, 3.8) is 0 Å². The Hall–Kier alpha value is -1.88. The summed E-state index contributed by atoms with van der Waals surface area (Å²) in [5, 5.41) is 2.16. The lowest BCUT2D eigenvalue weighted by Gasteiger charge is -2.37. The van der Waals surface area contributed by atoms with Crippen molar-refractivity contribution in [1.29, 1.82) is 0 Å². The predicted molar refractivity (Wildman–Crippen MR) is 97.1 cm³/mol. The summed E-state index contributed by atoms with van der Waals surface area (Å²) in [6.45, 7) is 4.78. The molecule has 1 aliphatic rings. The van der Waals surface area contributed by atoms with E-state index in [0.29, 0.717) is 12.6 Å². The van der Waals surface area contributed by atoms with E-state index in [1.54, 1.807) is 0 Å². The highest BCUT2D eigenvalue weighted by molar-refractivity contribution is 5.61. The van der Waals surface area contributed by atoms with Crippen molar-refractivity contribution in [2.75, 3.05) is 11.6 Å². The van der Waals surface area contributed by atoms with Crippen molar-refractivity contribution in [3.05, 3.63) is 60.7 Å². The number of anilines is 2. The van der Waals surface area contributed by atoms with Crippen molar-refractivity contribution in [3.8, 4) is 0 Å². The first-order chi connectivity index (χ1) is 11.8. The number of benzene rings is 2. The van der Waals surface area contributed by atoms with Gasteiger partial charge >= 0.3 is 0 Å². The van der Waals surface area contributed by atoms with E-state index >= 15 is 0 Å². The average Bonchev–Trinajstić information content (AvgIpc) is 2.61. The molecule has 2 aromatic rings. The van der Waals surface area contributed by atoms with E-state index < -0.39 is 0 Å². The van der Waals surface area contributed by atoms with Gasteiger partial charge in [0.05, 0.1) is 17.5 Å². The van der Waals surface area contributed by atoms with Crippen molar-refractivity contribution >= 4 is 11.4 Å². The van der Waals surface area contributed by atoms with E-state index in [-0.39, 0.29) is 12.4 Å². The van der Waals surface area contributed by atoms with Gasteiger partial charge in [-0.15, -0.1) is 0 Å². The summed E-state index contributed by atoms with van der Waals surface area (Å²) >= 11 is 0. The fraction of sp³-hybridized carbons (Fsp3) is 0.400. The zero-order valence-electron chi connectivity index (χ0n) is 14.4. The van der Waals surface area contributed by atoms with Crippen LogP contribution in [0.1, 0.15) is 26.7 Å². The van der Waals surface area contributed by atoms with E-state index in [2.05, 4.69) is 65.9 Å². The topological polar surface area (TPSA) is 33.7 Å². The van der Waals surface area contributed by atoms with Crippen LogP contribution in [0.5, 0.6) is 0 Å². The largest absolute Gasteiger partial charge is 0.353 e. The number of nitrogens with one attached hydrogen (secondary N) is 1. The maximum atomic E-state index is 5.87. The van der Waals surface area contributed by atoms with Gasteiger partial charge in [0.25, 0.3) is 0 Å². The first-order valence-corrected chi connectivity index (χ1v) is 8.69. The molecular weight excluding hydrogens is 300 g/mol. The number of hydrogen-bond acceptors (Lipinski definition) is 4. The minimum atomic E-state index is -0.135. The van der Waals surface area contributed by atoms with E-state index in [0.717, 1.165) is 24.2 Å². The van der Waals surface area contributed by atoms with Crippen LogP contribution in [-0.2, 0) is 9.47 Å². The standard InChI is InChI=1S/C20H26N2O2/c1-3-23-20-15-17(14-16(2)24-20)21-22(18-10-6-4-7-11-18)19-12-8-5-9-13-19/h4-13,16-17,20-21H,3,14-15H2,1-2H3/t16-,17+,20?/m0/s1. The highest BCUT2D eigenvalue weighted by atomic mass is 16.7. The first kappa shape index (κ1) is 17.0. The molecule has 1 N–H and O–H groups in total. The third kappa shape index (κ3) is 4.35. The van der Waals surface area contributed by atoms with Gasteiger partial charge in [0, 0.05) is 19.1 Å². The molecule has 0 radical (unpaired) electrons. The predicted octanol–water partition coefficient (Wildman–Crippen LogP) is 4.26. The van der Waals surface area contributed by atoms with Gasteiger partial charge < -0.3 is 9.47 Å². The average molecular weight is 326 g/mol. The Balaban J connectivity index is 1.79. The second kappa shape index (κ2) is 8.29. The molecule has 3 rings (SSSR count). The summed E-state index contributed by atoms with van der Waals surface area (Å²) in [6, 6.07) is 21.1. The minimum Gasteiger partial charge on any atom is -0.353 e. The van der Waals surface area contributed by atoms with E-state index in [4.69, 9.17) is 9.47 Å². The van der Waals surface area contributed by atoms with Crippen molar-refractivity contribution in [2.45, 2.75) is 45.1 Å². The fourth-order valence-corrected chi connectivity index (χ4v) is 3.13. The highest BCUT2D eigenvalue weighted by Gasteiger charge is 2.29. The molecule has 4 heteroatoms. The molecule has 128 valence electrons. The number of hydrazine groups is 1. The lowest BCUT2D eigenvalue weighted by molar-refractivity contribution is -0.192. The van der Waals surface area contributed by atoms with Crippen LogP contribution in [0, 0.1) is 0 Å². The molecule has 1 aliphatic heterocycles. The highest BCUT2D eigenvalue weighted by Crippen LogP contribution is 2.26. The number of hydrogen-bond donors (Lipinski definition) is 1. The Bertz CT molecular complexity index is 566. The van der Waals surface area contributed by atoms with Crippen LogP contribution in [0.25, 0.3) is 0 Å². The van der Waals surface area contributed by atoms with E-state index in [9.17, 15) is 0 Å². The van der Waals surface area contributed by atoms with Crippen LogP contribution in [0.2, 0.25) is 0 Å². The van der Waals surface area contributed by atoms with Gasteiger partial charge in [-0.25, -0.2) is 5.43 Å². The second-order valence-corrected chi connectivity index (χ2v) is 6.14. The Labute approximate surface area is 144 Å². The van der Waals surface area contributed by atoms with Crippen molar-refractivity contribution in [1.82, 2.24) is 5.43 Å². The van der Waals surface area contributed by atoms with Crippen LogP contribution in [0.3, 0.4) is 0 Å². The Morgan fingerprint density at radius 3 is 2.12 bits per heavy atom. The molecule has 1 unspecified atom stereocenters. The van der Waals surface area contributed by atoms with Gasteiger partial charge in [-0.2, -0.15) is 0 Å².